The van der Waals surface area contributed by atoms with Crippen LogP contribution in [0, 0.1) is 23.7 Å². The fourth-order valence-corrected chi connectivity index (χ4v) is 4.51. The molecule has 2 fully saturated rings. The van der Waals surface area contributed by atoms with Crippen molar-refractivity contribution in [3.05, 3.63) is 0 Å². The molecule has 142 valence electrons. The first-order chi connectivity index (χ1) is 10.6. The minimum Gasteiger partial charge on any atom is -0.356 e. The molecule has 0 saturated heterocycles. The summed E-state index contributed by atoms with van der Waals surface area (Å²) in [5.41, 5.74) is -10.5. The molecule has 0 heterocycles. The van der Waals surface area contributed by atoms with Crippen LogP contribution in [0.2, 0.25) is 0 Å². The molecule has 5 atom stereocenters. The van der Waals surface area contributed by atoms with Gasteiger partial charge in [-0.1, -0.05) is 13.8 Å². The molecular formula is C14H17F9O. The van der Waals surface area contributed by atoms with Gasteiger partial charge in [0.15, 0.2) is 0 Å². The Morgan fingerprint density at radius 2 is 1.29 bits per heavy atom. The molecule has 5 unspecified atom stereocenters. The first-order valence-corrected chi connectivity index (χ1v) is 7.45. The lowest BCUT2D eigenvalue weighted by atomic mass is 9.63. The maximum atomic E-state index is 15.4. The van der Waals surface area contributed by atoms with Crippen LogP contribution in [0.25, 0.3) is 0 Å². The van der Waals surface area contributed by atoms with Crippen molar-refractivity contribution >= 4 is 0 Å². The lowest BCUT2D eigenvalue weighted by Gasteiger charge is -2.53. The van der Waals surface area contributed by atoms with Gasteiger partial charge in [0.25, 0.3) is 11.5 Å². The third-order valence-electron chi connectivity index (χ3n) is 5.74. The smallest absolute Gasteiger partial charge is 0.356 e. The fraction of sp³-hybridized carbons (Fsp3) is 1.00. The minimum absolute atomic E-state index is 0.743. The van der Waals surface area contributed by atoms with Crippen molar-refractivity contribution in [1.29, 1.82) is 0 Å². The Labute approximate surface area is 132 Å². The molecule has 0 N–H and O–H groups in total. The fourth-order valence-electron chi connectivity index (χ4n) is 4.51. The monoisotopic (exact) mass is 372 g/mol. The zero-order valence-electron chi connectivity index (χ0n) is 13.0. The summed E-state index contributed by atoms with van der Waals surface area (Å²) in [6.07, 6.45) is -13.5. The van der Waals surface area contributed by atoms with Crippen molar-refractivity contribution in [2.45, 2.75) is 56.7 Å². The second kappa shape index (κ2) is 5.17. The summed E-state index contributed by atoms with van der Waals surface area (Å²) in [4.78, 5) is 0. The van der Waals surface area contributed by atoms with Crippen LogP contribution in [0.3, 0.4) is 0 Å². The van der Waals surface area contributed by atoms with Crippen molar-refractivity contribution in [2.24, 2.45) is 23.7 Å². The van der Waals surface area contributed by atoms with E-state index in [2.05, 4.69) is 4.74 Å². The van der Waals surface area contributed by atoms with Gasteiger partial charge in [0, 0.05) is 18.4 Å². The Balaban J connectivity index is 2.79. The second-order valence-electron chi connectivity index (χ2n) is 6.61. The van der Waals surface area contributed by atoms with Gasteiger partial charge in [0.1, 0.15) is 0 Å². The quantitative estimate of drug-likeness (QED) is 0.623. The average Bonchev–Trinajstić information content (AvgIpc) is 2.79. The molecular weight excluding hydrogens is 355 g/mol. The van der Waals surface area contributed by atoms with Gasteiger partial charge in [0.2, 0.25) is 5.67 Å². The number of fused-ring (bicyclic) bond motifs is 2. The summed E-state index contributed by atoms with van der Waals surface area (Å²) in [5.74, 6) is -10.8. The normalized spacial score (nSPS) is 39.5. The lowest BCUT2D eigenvalue weighted by Crippen LogP contribution is -2.78. The average molecular weight is 372 g/mol. The van der Waals surface area contributed by atoms with Crippen molar-refractivity contribution < 1.29 is 44.3 Å². The molecule has 1 nitrogen and oxygen atoms in total. The zero-order chi connectivity index (χ0) is 18.9. The maximum absolute atomic E-state index is 15.4. The van der Waals surface area contributed by atoms with Gasteiger partial charge in [0.05, 0.1) is 0 Å². The van der Waals surface area contributed by atoms with Crippen LogP contribution in [0.15, 0.2) is 0 Å². The number of rotatable bonds is 3. The van der Waals surface area contributed by atoms with Crippen molar-refractivity contribution in [1.82, 2.24) is 0 Å². The number of hydrogen-bond acceptors (Lipinski definition) is 1. The summed E-state index contributed by atoms with van der Waals surface area (Å²) in [5, 5.41) is 0. The Morgan fingerprint density at radius 3 is 1.62 bits per heavy atom. The first-order valence-electron chi connectivity index (χ1n) is 7.45. The maximum Gasteiger partial charge on any atom is 0.430 e. The summed E-state index contributed by atoms with van der Waals surface area (Å²) in [7, 11) is 0. The molecule has 0 aromatic carbocycles. The van der Waals surface area contributed by atoms with Crippen molar-refractivity contribution in [3.63, 3.8) is 0 Å². The lowest BCUT2D eigenvalue weighted by molar-refractivity contribution is -0.443. The molecule has 2 saturated carbocycles. The van der Waals surface area contributed by atoms with E-state index < -0.39 is 66.2 Å². The molecule has 0 aromatic rings. The SMILES string of the molecule is CCOC(C(F)(F)F)(C(F)(F)F)C1(F)C2CC(C(C)C2C)C1(F)F. The van der Waals surface area contributed by atoms with E-state index in [0.717, 1.165) is 6.92 Å². The third-order valence-corrected chi connectivity index (χ3v) is 5.74. The standard InChI is InChI=1S/C14H17F9O/c1-4-24-12(13(18,19)20,14(21,22)23)10(15)8-5-9(11(10,16)17)7(3)6(8)2/h6-9H,4-5H2,1-3H3. The highest BCUT2D eigenvalue weighted by atomic mass is 19.4. The van der Waals surface area contributed by atoms with Gasteiger partial charge in [-0.05, 0) is 25.2 Å². The van der Waals surface area contributed by atoms with Gasteiger partial charge in [-0.3, -0.25) is 0 Å². The van der Waals surface area contributed by atoms with Gasteiger partial charge >= 0.3 is 12.4 Å². The Kier molecular flexibility index (Phi) is 4.23. The molecule has 0 amide bonds. The van der Waals surface area contributed by atoms with Crippen LogP contribution in [-0.2, 0) is 4.74 Å². The van der Waals surface area contributed by atoms with E-state index in [1.807, 2.05) is 0 Å². The van der Waals surface area contributed by atoms with Crippen LogP contribution < -0.4 is 0 Å². The highest BCUT2D eigenvalue weighted by molar-refractivity contribution is 5.28. The predicted octanol–water partition coefficient (Wildman–Crippen LogP) is 5.15. The van der Waals surface area contributed by atoms with Crippen molar-refractivity contribution in [2.75, 3.05) is 6.61 Å². The predicted molar refractivity (Wildman–Crippen MR) is 65.2 cm³/mol. The molecule has 10 heteroatoms. The van der Waals surface area contributed by atoms with Gasteiger partial charge in [-0.25, -0.2) is 13.2 Å². The Bertz CT molecular complexity index is 483. The summed E-state index contributed by atoms with van der Waals surface area (Å²) < 4.78 is 129. The van der Waals surface area contributed by atoms with E-state index in [-0.39, 0.29) is 0 Å². The van der Waals surface area contributed by atoms with Crippen LogP contribution in [0.4, 0.5) is 39.5 Å². The largest absolute Gasteiger partial charge is 0.430 e. The molecule has 2 aliphatic carbocycles. The molecule has 2 bridgehead atoms. The minimum atomic E-state index is -6.40. The van der Waals surface area contributed by atoms with Gasteiger partial charge < -0.3 is 4.74 Å². The number of halogens is 9. The van der Waals surface area contributed by atoms with Gasteiger partial charge in [-0.2, -0.15) is 26.3 Å². The van der Waals surface area contributed by atoms with E-state index in [4.69, 9.17) is 0 Å². The Morgan fingerprint density at radius 1 is 0.875 bits per heavy atom. The van der Waals surface area contributed by atoms with Crippen molar-refractivity contribution in [3.8, 4) is 0 Å². The first kappa shape index (κ1) is 19.7. The second-order valence-corrected chi connectivity index (χ2v) is 6.61. The highest BCUT2D eigenvalue weighted by Gasteiger charge is 2.93. The molecule has 2 aliphatic rings. The number of ether oxygens (including phenoxy) is 1. The van der Waals surface area contributed by atoms with Gasteiger partial charge in [-0.15, -0.1) is 0 Å². The van der Waals surface area contributed by atoms with E-state index >= 15 is 4.39 Å². The van der Waals surface area contributed by atoms with Crippen LogP contribution in [0.1, 0.15) is 27.2 Å². The van der Waals surface area contributed by atoms with Crippen LogP contribution in [0.5, 0.6) is 0 Å². The zero-order valence-corrected chi connectivity index (χ0v) is 13.0. The third kappa shape index (κ3) is 1.94. The summed E-state index contributed by atoms with van der Waals surface area (Å²) in [6.45, 7) is 2.03. The van der Waals surface area contributed by atoms with E-state index in [9.17, 15) is 35.1 Å². The van der Waals surface area contributed by atoms with E-state index in [1.54, 1.807) is 0 Å². The molecule has 0 aliphatic heterocycles. The van der Waals surface area contributed by atoms with Crippen LogP contribution >= 0.6 is 0 Å². The summed E-state index contributed by atoms with van der Waals surface area (Å²) in [6, 6.07) is 0. The van der Waals surface area contributed by atoms with E-state index in [0.29, 0.717) is 0 Å². The highest BCUT2D eigenvalue weighted by Crippen LogP contribution is 2.73. The Hall–Kier alpha value is -0.670. The molecule has 2 rings (SSSR count). The molecule has 0 aromatic heterocycles. The molecule has 24 heavy (non-hydrogen) atoms. The topological polar surface area (TPSA) is 9.23 Å². The van der Waals surface area contributed by atoms with E-state index in [1.165, 1.54) is 13.8 Å². The number of alkyl halides is 9. The summed E-state index contributed by atoms with van der Waals surface area (Å²) >= 11 is 0. The number of hydrogen-bond donors (Lipinski definition) is 0. The van der Waals surface area contributed by atoms with Crippen LogP contribution in [-0.4, -0.2) is 36.2 Å². The molecule has 0 radical (unpaired) electrons. The molecule has 0 spiro atoms.